The second kappa shape index (κ2) is 6.70. The molecule has 0 aliphatic heterocycles. The van der Waals surface area contributed by atoms with Gasteiger partial charge in [0.25, 0.3) is 0 Å². The average Bonchev–Trinajstić information content (AvgIpc) is 2.30. The predicted octanol–water partition coefficient (Wildman–Crippen LogP) is 3.79. The summed E-state index contributed by atoms with van der Waals surface area (Å²) in [7, 11) is -4.44. The number of alkyl halides is 4. The summed E-state index contributed by atoms with van der Waals surface area (Å²) in [4.78, 5) is -0.485. The zero-order valence-electron chi connectivity index (χ0n) is 9.79. The second-order valence-corrected chi connectivity index (χ2v) is 6.85. The summed E-state index contributed by atoms with van der Waals surface area (Å²) >= 11 is 16.7. The molecule has 0 saturated heterocycles. The van der Waals surface area contributed by atoms with Gasteiger partial charge in [-0.25, -0.2) is 8.42 Å². The van der Waals surface area contributed by atoms with Crippen molar-refractivity contribution in [2.24, 2.45) is 0 Å². The molecule has 1 aromatic carbocycles. The van der Waals surface area contributed by atoms with Crippen LogP contribution in [0.2, 0.25) is 10.0 Å². The van der Waals surface area contributed by atoms with Crippen LogP contribution >= 0.6 is 34.8 Å². The van der Waals surface area contributed by atoms with Gasteiger partial charge in [-0.15, -0.1) is 11.6 Å². The lowest BCUT2D eigenvalue weighted by Crippen LogP contribution is -2.40. The molecule has 0 amide bonds. The van der Waals surface area contributed by atoms with Gasteiger partial charge in [0.05, 0.1) is 5.02 Å². The van der Waals surface area contributed by atoms with Gasteiger partial charge in [0.2, 0.25) is 10.0 Å². The first-order chi connectivity index (χ1) is 9.08. The maximum absolute atomic E-state index is 12.4. The zero-order valence-corrected chi connectivity index (χ0v) is 12.9. The van der Waals surface area contributed by atoms with E-state index in [-0.39, 0.29) is 20.2 Å². The van der Waals surface area contributed by atoms with Crippen molar-refractivity contribution in [3.63, 3.8) is 0 Å². The quantitative estimate of drug-likeness (QED) is 0.740. The fraction of sp³-hybridized carbons (Fsp3) is 0.400. The van der Waals surface area contributed by atoms with Crippen LogP contribution in [0.3, 0.4) is 0 Å². The first-order valence-corrected chi connectivity index (χ1v) is 7.89. The van der Waals surface area contributed by atoms with Gasteiger partial charge in [0, 0.05) is 17.4 Å². The minimum Gasteiger partial charge on any atom is -0.207 e. The van der Waals surface area contributed by atoms with E-state index in [4.69, 9.17) is 34.8 Å². The van der Waals surface area contributed by atoms with E-state index < -0.39 is 34.2 Å². The highest BCUT2D eigenvalue weighted by Gasteiger charge is 2.37. The van der Waals surface area contributed by atoms with Gasteiger partial charge in [-0.2, -0.15) is 17.5 Å². The molecule has 0 saturated carbocycles. The van der Waals surface area contributed by atoms with Gasteiger partial charge in [-0.1, -0.05) is 23.2 Å². The molecule has 0 N–H and O–H groups in total. The van der Waals surface area contributed by atoms with Crippen molar-refractivity contribution in [2.75, 3.05) is 19.0 Å². The molecule has 0 aliphatic carbocycles. The first-order valence-electron chi connectivity index (χ1n) is 5.16. The summed E-state index contributed by atoms with van der Waals surface area (Å²) in [6.45, 7) is -2.14. The Labute approximate surface area is 129 Å². The molecule has 0 unspecified atom stereocenters. The third-order valence-corrected chi connectivity index (χ3v) is 4.93. The highest BCUT2D eigenvalue weighted by atomic mass is 35.5. The van der Waals surface area contributed by atoms with Crippen molar-refractivity contribution in [2.45, 2.75) is 11.1 Å². The molecule has 0 spiro atoms. The number of hydrogen-bond donors (Lipinski definition) is 0. The van der Waals surface area contributed by atoms with Crippen molar-refractivity contribution < 1.29 is 21.6 Å². The third kappa shape index (κ3) is 4.66. The Kier molecular flexibility index (Phi) is 5.98. The van der Waals surface area contributed by atoms with Gasteiger partial charge >= 0.3 is 6.18 Å². The second-order valence-electron chi connectivity index (χ2n) is 3.72. The number of rotatable bonds is 5. The molecule has 0 bridgehead atoms. The smallest absolute Gasteiger partial charge is 0.207 e. The highest BCUT2D eigenvalue weighted by molar-refractivity contribution is 7.89. The summed E-state index contributed by atoms with van der Waals surface area (Å²) < 4.78 is 62.0. The normalized spacial score (nSPS) is 12.9. The standard InChI is InChI=1S/C10H9Cl3F3NO2S/c11-3-4-17(6-10(14,15)16)20(18,19)9-5-7(12)1-2-8(9)13/h1-2,5H,3-4,6H2. The Bertz CT molecular complexity index is 578. The van der Waals surface area contributed by atoms with Crippen LogP contribution < -0.4 is 0 Å². The number of nitrogens with zero attached hydrogens (tertiary/aromatic N) is 1. The summed E-state index contributed by atoms with van der Waals surface area (Å²) in [5, 5.41) is -0.165. The van der Waals surface area contributed by atoms with Gasteiger partial charge in [-0.3, -0.25) is 0 Å². The van der Waals surface area contributed by atoms with E-state index in [9.17, 15) is 21.6 Å². The minimum atomic E-state index is -4.69. The third-order valence-electron chi connectivity index (χ3n) is 2.20. The molecule has 1 aromatic rings. The molecule has 0 aromatic heterocycles. The molecule has 0 fully saturated rings. The van der Waals surface area contributed by atoms with Gasteiger partial charge in [0.1, 0.15) is 11.4 Å². The van der Waals surface area contributed by atoms with Crippen LogP contribution in [-0.4, -0.2) is 37.9 Å². The lowest BCUT2D eigenvalue weighted by atomic mass is 10.4. The van der Waals surface area contributed by atoms with Crippen LogP contribution in [0.15, 0.2) is 23.1 Å². The van der Waals surface area contributed by atoms with E-state index in [1.54, 1.807) is 0 Å². The molecular weight excluding hydrogens is 362 g/mol. The minimum absolute atomic E-state index is 0.0470. The van der Waals surface area contributed by atoms with Gasteiger partial charge in [0.15, 0.2) is 0 Å². The largest absolute Gasteiger partial charge is 0.402 e. The van der Waals surface area contributed by atoms with Crippen molar-refractivity contribution in [3.8, 4) is 0 Å². The van der Waals surface area contributed by atoms with Gasteiger partial charge in [-0.05, 0) is 18.2 Å². The molecule has 0 radical (unpaired) electrons. The highest BCUT2D eigenvalue weighted by Crippen LogP contribution is 2.29. The van der Waals surface area contributed by atoms with Gasteiger partial charge < -0.3 is 0 Å². The molecule has 0 heterocycles. The Hall–Kier alpha value is -0.210. The van der Waals surface area contributed by atoms with Crippen LogP contribution in [0.5, 0.6) is 0 Å². The maximum atomic E-state index is 12.4. The Morgan fingerprint density at radius 1 is 1.20 bits per heavy atom. The van der Waals surface area contributed by atoms with E-state index >= 15 is 0 Å². The SMILES string of the molecule is O=S(=O)(c1cc(Cl)ccc1Cl)N(CCCl)CC(F)(F)F. The lowest BCUT2D eigenvalue weighted by Gasteiger charge is -2.23. The summed E-state index contributed by atoms with van der Waals surface area (Å²) in [5.74, 6) is -0.284. The van der Waals surface area contributed by atoms with Crippen molar-refractivity contribution in [1.29, 1.82) is 0 Å². The summed E-state index contributed by atoms with van der Waals surface area (Å²) in [5.41, 5.74) is 0. The molecule has 0 atom stereocenters. The Balaban J connectivity index is 3.26. The summed E-state index contributed by atoms with van der Waals surface area (Å²) in [6, 6.07) is 3.53. The average molecular weight is 371 g/mol. The first kappa shape index (κ1) is 17.8. The van der Waals surface area contributed by atoms with E-state index in [0.717, 1.165) is 6.07 Å². The van der Waals surface area contributed by atoms with Crippen LogP contribution in [-0.2, 0) is 10.0 Å². The molecule has 3 nitrogen and oxygen atoms in total. The van der Waals surface area contributed by atoms with Crippen LogP contribution in [0.4, 0.5) is 13.2 Å². The van der Waals surface area contributed by atoms with Crippen LogP contribution in [0.1, 0.15) is 0 Å². The predicted molar refractivity (Wildman–Crippen MR) is 72.0 cm³/mol. The molecule has 114 valence electrons. The molecule has 0 aliphatic rings. The molecule has 10 heteroatoms. The van der Waals surface area contributed by atoms with Crippen LogP contribution in [0.25, 0.3) is 0 Å². The number of halogens is 6. The Morgan fingerprint density at radius 3 is 2.30 bits per heavy atom. The maximum Gasteiger partial charge on any atom is 0.402 e. The number of benzene rings is 1. The lowest BCUT2D eigenvalue weighted by molar-refractivity contribution is -0.135. The van der Waals surface area contributed by atoms with E-state index in [0.29, 0.717) is 0 Å². The fourth-order valence-electron chi connectivity index (χ4n) is 1.39. The Morgan fingerprint density at radius 2 is 1.80 bits per heavy atom. The topological polar surface area (TPSA) is 37.4 Å². The number of hydrogen-bond acceptors (Lipinski definition) is 2. The van der Waals surface area contributed by atoms with E-state index in [2.05, 4.69) is 0 Å². The van der Waals surface area contributed by atoms with Crippen LogP contribution in [0, 0.1) is 0 Å². The molecule has 20 heavy (non-hydrogen) atoms. The fourth-order valence-corrected chi connectivity index (χ4v) is 3.86. The zero-order chi connectivity index (χ0) is 15.6. The molecule has 1 rings (SSSR count). The summed E-state index contributed by atoms with van der Waals surface area (Å²) in [6.07, 6.45) is -4.69. The van der Waals surface area contributed by atoms with Crippen molar-refractivity contribution in [3.05, 3.63) is 28.2 Å². The van der Waals surface area contributed by atoms with Crippen molar-refractivity contribution in [1.82, 2.24) is 4.31 Å². The molecular formula is C10H9Cl3F3NO2S. The monoisotopic (exact) mass is 369 g/mol. The number of sulfonamides is 1. The van der Waals surface area contributed by atoms with E-state index in [1.165, 1.54) is 12.1 Å². The van der Waals surface area contributed by atoms with Crippen molar-refractivity contribution >= 4 is 44.8 Å². The van der Waals surface area contributed by atoms with E-state index in [1.807, 2.05) is 0 Å².